The Morgan fingerprint density at radius 3 is 2.68 bits per heavy atom. The van der Waals surface area contributed by atoms with Gasteiger partial charge in [-0.05, 0) is 30.7 Å². The van der Waals surface area contributed by atoms with Crippen molar-refractivity contribution in [2.24, 2.45) is 5.92 Å². The number of nitrogen functional groups attached to an aromatic ring is 1. The summed E-state index contributed by atoms with van der Waals surface area (Å²) < 4.78 is 0.841. The maximum Gasteiger partial charge on any atom is 0.191 e. The molecule has 150 valence electrons. The van der Waals surface area contributed by atoms with E-state index in [2.05, 4.69) is 53.4 Å². The summed E-state index contributed by atoms with van der Waals surface area (Å²) >= 11 is 3.00. The van der Waals surface area contributed by atoms with E-state index in [-0.39, 0.29) is 12.6 Å². The maximum absolute atomic E-state index is 9.72. The minimum Gasteiger partial charge on any atom is -0.394 e. The highest BCUT2D eigenvalue weighted by Gasteiger charge is 2.17. The molecule has 28 heavy (non-hydrogen) atoms. The van der Waals surface area contributed by atoms with E-state index in [0.717, 1.165) is 29.7 Å². The second-order valence-corrected chi connectivity index (χ2v) is 9.24. The first-order valence-electron chi connectivity index (χ1n) is 9.53. The van der Waals surface area contributed by atoms with E-state index in [1.165, 1.54) is 16.9 Å². The lowest BCUT2D eigenvalue weighted by Crippen LogP contribution is -2.26. The van der Waals surface area contributed by atoms with Crippen molar-refractivity contribution in [1.29, 1.82) is 0 Å². The molecule has 1 aromatic carbocycles. The number of hydrogen-bond acceptors (Lipinski definition) is 8. The van der Waals surface area contributed by atoms with Gasteiger partial charge in [0.15, 0.2) is 21.8 Å². The molecule has 0 aliphatic carbocycles. The van der Waals surface area contributed by atoms with Gasteiger partial charge < -0.3 is 16.2 Å². The molecule has 8 heteroatoms. The number of thioether (sulfide) groups is 1. The van der Waals surface area contributed by atoms with E-state index in [4.69, 9.17) is 10.7 Å². The number of hydrogen-bond donors (Lipinski definition) is 3. The molecule has 4 N–H and O–H groups in total. The number of anilines is 2. The minimum absolute atomic E-state index is 0.0531. The summed E-state index contributed by atoms with van der Waals surface area (Å²) in [6, 6.07) is 10.4. The number of aromatic nitrogens is 3. The normalized spacial score (nSPS) is 12.6. The number of rotatable bonds is 10. The second-order valence-electron chi connectivity index (χ2n) is 7.15. The zero-order chi connectivity index (χ0) is 19.9. The maximum atomic E-state index is 9.72. The Labute approximate surface area is 174 Å². The van der Waals surface area contributed by atoms with E-state index in [0.29, 0.717) is 27.7 Å². The quantitative estimate of drug-likeness (QED) is 0.258. The number of nitrogens with one attached hydrogen (secondary N) is 1. The van der Waals surface area contributed by atoms with E-state index in [1.807, 2.05) is 6.07 Å². The van der Waals surface area contributed by atoms with Crippen LogP contribution in [0.25, 0.3) is 10.3 Å². The molecule has 0 saturated heterocycles. The van der Waals surface area contributed by atoms with Gasteiger partial charge in [0.1, 0.15) is 4.70 Å². The molecule has 0 fully saturated rings. The number of benzene rings is 1. The fourth-order valence-corrected chi connectivity index (χ4v) is 4.51. The molecule has 2 aromatic heterocycles. The highest BCUT2D eigenvalue weighted by atomic mass is 32.2. The molecule has 3 aromatic rings. The molecule has 0 radical (unpaired) electrons. The Morgan fingerprint density at radius 1 is 1.18 bits per heavy atom. The van der Waals surface area contributed by atoms with Crippen LogP contribution < -0.4 is 11.1 Å². The Balaban J connectivity index is 1.70. The molecule has 0 aliphatic rings. The SMILES string of the molecule is CC(C)C[C@H](CO)Nc1nc(SCCCc2ccccc2)nc2nc(N)sc12. The third kappa shape index (κ3) is 5.80. The van der Waals surface area contributed by atoms with Crippen LogP contribution in [-0.4, -0.2) is 38.5 Å². The van der Waals surface area contributed by atoms with Crippen molar-refractivity contribution in [3.63, 3.8) is 0 Å². The van der Waals surface area contributed by atoms with Crippen LogP contribution in [0.1, 0.15) is 32.3 Å². The van der Waals surface area contributed by atoms with Crippen LogP contribution in [0.4, 0.5) is 10.9 Å². The van der Waals surface area contributed by atoms with Crippen LogP contribution in [0.3, 0.4) is 0 Å². The van der Waals surface area contributed by atoms with Gasteiger partial charge in [-0.15, -0.1) is 0 Å². The summed E-state index contributed by atoms with van der Waals surface area (Å²) in [5.74, 6) is 2.11. The average molecular weight is 418 g/mol. The standard InChI is InChI=1S/C20H27N5OS2/c1-13(2)11-15(12-26)22-17-16-18(23-19(21)28-16)25-20(24-17)27-10-6-9-14-7-4-3-5-8-14/h3-5,7-8,13,15,26H,6,9-12H2,1-2H3,(H3,21,22,23,24,25)/t15-/m1/s1. The largest absolute Gasteiger partial charge is 0.394 e. The molecule has 0 unspecified atom stereocenters. The Kier molecular flexibility index (Phi) is 7.47. The smallest absolute Gasteiger partial charge is 0.191 e. The highest BCUT2D eigenvalue weighted by Crippen LogP contribution is 2.31. The first-order valence-corrected chi connectivity index (χ1v) is 11.3. The highest BCUT2D eigenvalue weighted by molar-refractivity contribution is 7.99. The zero-order valence-electron chi connectivity index (χ0n) is 16.3. The number of thiazole rings is 1. The van der Waals surface area contributed by atoms with E-state index in [1.54, 1.807) is 11.8 Å². The third-order valence-corrected chi connectivity index (χ3v) is 6.06. The van der Waals surface area contributed by atoms with Crippen LogP contribution >= 0.6 is 23.1 Å². The second kappa shape index (κ2) is 10.0. The minimum atomic E-state index is -0.0580. The van der Waals surface area contributed by atoms with Crippen LogP contribution in [0.5, 0.6) is 0 Å². The number of fused-ring (bicyclic) bond motifs is 1. The van der Waals surface area contributed by atoms with Crippen molar-refractivity contribution in [1.82, 2.24) is 15.0 Å². The lowest BCUT2D eigenvalue weighted by Gasteiger charge is -2.19. The summed E-state index contributed by atoms with van der Waals surface area (Å²) in [5, 5.41) is 14.3. The van der Waals surface area contributed by atoms with Gasteiger partial charge in [-0.1, -0.05) is 67.3 Å². The predicted octanol–water partition coefficient (Wildman–Crippen LogP) is 4.21. The molecular formula is C20H27N5OS2. The van der Waals surface area contributed by atoms with Gasteiger partial charge in [-0.3, -0.25) is 0 Å². The van der Waals surface area contributed by atoms with Crippen molar-refractivity contribution < 1.29 is 5.11 Å². The zero-order valence-corrected chi connectivity index (χ0v) is 17.9. The van der Waals surface area contributed by atoms with Crippen molar-refractivity contribution >= 4 is 44.4 Å². The molecule has 2 heterocycles. The number of aryl methyl sites for hydroxylation is 1. The van der Waals surface area contributed by atoms with Gasteiger partial charge in [0, 0.05) is 5.75 Å². The molecular weight excluding hydrogens is 390 g/mol. The van der Waals surface area contributed by atoms with Crippen molar-refractivity contribution in [3.05, 3.63) is 35.9 Å². The monoisotopic (exact) mass is 417 g/mol. The summed E-state index contributed by atoms with van der Waals surface area (Å²) in [7, 11) is 0. The molecule has 1 atom stereocenters. The molecule has 3 rings (SSSR count). The fraction of sp³-hybridized carbons (Fsp3) is 0.450. The lowest BCUT2D eigenvalue weighted by molar-refractivity contribution is 0.259. The van der Waals surface area contributed by atoms with Crippen molar-refractivity contribution in [2.75, 3.05) is 23.4 Å². The number of nitrogens with zero attached hydrogens (tertiary/aromatic N) is 3. The van der Waals surface area contributed by atoms with Gasteiger partial charge in [-0.25, -0.2) is 15.0 Å². The van der Waals surface area contributed by atoms with Crippen LogP contribution in [0.2, 0.25) is 0 Å². The molecule has 0 saturated carbocycles. The lowest BCUT2D eigenvalue weighted by atomic mass is 10.0. The molecule has 0 aliphatic heterocycles. The Bertz CT molecular complexity index is 885. The van der Waals surface area contributed by atoms with E-state index < -0.39 is 0 Å². The van der Waals surface area contributed by atoms with E-state index >= 15 is 0 Å². The van der Waals surface area contributed by atoms with Crippen molar-refractivity contribution in [2.45, 2.75) is 44.3 Å². The molecule has 0 amide bonds. The van der Waals surface area contributed by atoms with Gasteiger partial charge in [-0.2, -0.15) is 0 Å². The molecule has 0 spiro atoms. The predicted molar refractivity (Wildman–Crippen MR) is 119 cm³/mol. The fourth-order valence-electron chi connectivity index (χ4n) is 3.01. The summed E-state index contributed by atoms with van der Waals surface area (Å²) in [6.07, 6.45) is 2.94. The van der Waals surface area contributed by atoms with Gasteiger partial charge in [0.05, 0.1) is 12.6 Å². The van der Waals surface area contributed by atoms with Crippen LogP contribution in [0.15, 0.2) is 35.5 Å². The average Bonchev–Trinajstić information content (AvgIpc) is 3.05. The van der Waals surface area contributed by atoms with Gasteiger partial charge in [0.2, 0.25) is 0 Å². The number of nitrogens with two attached hydrogens (primary N) is 1. The topological polar surface area (TPSA) is 97.0 Å². The molecule has 0 bridgehead atoms. The van der Waals surface area contributed by atoms with E-state index in [9.17, 15) is 5.11 Å². The van der Waals surface area contributed by atoms with Crippen LogP contribution in [-0.2, 0) is 6.42 Å². The first kappa shape index (κ1) is 20.8. The Hall–Kier alpha value is -1.90. The Morgan fingerprint density at radius 2 is 1.96 bits per heavy atom. The number of aliphatic hydroxyl groups excluding tert-OH is 1. The number of aliphatic hydroxyl groups is 1. The third-order valence-electron chi connectivity index (χ3n) is 4.25. The van der Waals surface area contributed by atoms with Crippen LogP contribution in [0, 0.1) is 5.92 Å². The summed E-state index contributed by atoms with van der Waals surface area (Å²) in [6.45, 7) is 4.33. The van der Waals surface area contributed by atoms with Gasteiger partial charge in [0.25, 0.3) is 0 Å². The van der Waals surface area contributed by atoms with Gasteiger partial charge >= 0.3 is 0 Å². The summed E-state index contributed by atoms with van der Waals surface area (Å²) in [4.78, 5) is 13.6. The van der Waals surface area contributed by atoms with Crippen molar-refractivity contribution in [3.8, 4) is 0 Å². The summed E-state index contributed by atoms with van der Waals surface area (Å²) in [5.41, 5.74) is 7.85. The first-order chi connectivity index (χ1) is 13.5. The molecule has 6 nitrogen and oxygen atoms in total.